The maximum Gasteiger partial charge on any atom is 0.295 e. The third kappa shape index (κ3) is 21.9. The molecule has 0 heterocycles. The predicted octanol–water partition coefficient (Wildman–Crippen LogP) is 15.7. The van der Waals surface area contributed by atoms with Crippen molar-refractivity contribution in [2.24, 2.45) is 0 Å². The Labute approximate surface area is 311 Å². The van der Waals surface area contributed by atoms with Gasteiger partial charge in [-0.25, -0.2) is 0 Å². The first-order valence-electron chi connectivity index (χ1n) is 22.0. The lowest BCUT2D eigenvalue weighted by Crippen LogP contribution is -2.02. The summed E-state index contributed by atoms with van der Waals surface area (Å²) in [6.45, 7) is 4.57. The van der Waals surface area contributed by atoms with Crippen molar-refractivity contribution in [2.75, 3.05) is 0 Å². The molecule has 0 aliphatic heterocycles. The number of aryl methyl sites for hydroxylation is 2. The van der Waals surface area contributed by atoms with Crippen LogP contribution in [0.1, 0.15) is 230 Å². The Bertz CT molecular complexity index is 1190. The number of hydrogen-bond acceptors (Lipinski definition) is 2. The minimum Gasteiger partial charge on any atom is -0.282 e. The van der Waals surface area contributed by atoms with E-state index in [4.69, 9.17) is 0 Å². The molecule has 0 aromatic heterocycles. The fraction of sp³-hybridized carbons (Fsp3) is 0.783. The molecule has 2 aromatic carbocycles. The summed E-state index contributed by atoms with van der Waals surface area (Å²) in [4.78, 5) is 0.0652. The third-order valence-electron chi connectivity index (χ3n) is 11.0. The molecule has 0 atom stereocenters. The van der Waals surface area contributed by atoms with E-state index >= 15 is 0 Å². The monoisotopic (exact) mass is 713 g/mol. The van der Waals surface area contributed by atoms with Gasteiger partial charge in [0.25, 0.3) is 10.1 Å². The number of rotatable bonds is 35. The Morgan fingerprint density at radius 1 is 0.440 bits per heavy atom. The van der Waals surface area contributed by atoms with Gasteiger partial charge in [-0.1, -0.05) is 231 Å². The Morgan fingerprint density at radius 2 is 0.780 bits per heavy atom. The van der Waals surface area contributed by atoms with Crippen LogP contribution in [0.4, 0.5) is 0 Å². The topological polar surface area (TPSA) is 54.4 Å². The Hall–Kier alpha value is -1.39. The van der Waals surface area contributed by atoms with Gasteiger partial charge < -0.3 is 0 Å². The molecular weight excluding hydrogens is 633 g/mol. The van der Waals surface area contributed by atoms with Gasteiger partial charge in [0, 0.05) is 5.39 Å². The zero-order valence-electron chi connectivity index (χ0n) is 33.1. The molecule has 0 aliphatic carbocycles. The van der Waals surface area contributed by atoms with Crippen LogP contribution in [0.15, 0.2) is 35.2 Å². The average molecular weight is 713 g/mol. The lowest BCUT2D eigenvalue weighted by atomic mass is 9.94. The zero-order valence-corrected chi connectivity index (χ0v) is 33.9. The summed E-state index contributed by atoms with van der Waals surface area (Å²) in [7, 11) is -4.27. The standard InChI is InChI=1S/C46H80O3S/c1-3-5-7-9-11-13-15-17-19-21-23-25-27-29-31-33-36-42-40-43(46-44(41-42)38-35-39-45(46)50(47,48)49)37-34-32-30-28-26-24-22-20-18-16-14-12-10-8-6-4-2/h35,38-41H,3-34,36-37H2,1-2H3,(H,47,48,49). The number of unbranched alkanes of at least 4 members (excludes halogenated alkanes) is 30. The fourth-order valence-corrected chi connectivity index (χ4v) is 8.60. The lowest BCUT2D eigenvalue weighted by molar-refractivity contribution is 0.484. The normalized spacial score (nSPS) is 12.0. The van der Waals surface area contributed by atoms with E-state index in [1.54, 1.807) is 12.1 Å². The van der Waals surface area contributed by atoms with Gasteiger partial charge in [0.05, 0.1) is 0 Å². The number of hydrogen-bond donors (Lipinski definition) is 1. The van der Waals surface area contributed by atoms with E-state index in [9.17, 15) is 13.0 Å². The van der Waals surface area contributed by atoms with Gasteiger partial charge in [0.1, 0.15) is 4.90 Å². The molecule has 1 N–H and O–H groups in total. The van der Waals surface area contributed by atoms with Crippen LogP contribution in [0.25, 0.3) is 10.8 Å². The van der Waals surface area contributed by atoms with Gasteiger partial charge in [-0.05, 0) is 48.3 Å². The van der Waals surface area contributed by atoms with Gasteiger partial charge in [-0.15, -0.1) is 0 Å². The third-order valence-corrected chi connectivity index (χ3v) is 11.9. The van der Waals surface area contributed by atoms with Crippen molar-refractivity contribution in [3.05, 3.63) is 41.5 Å². The smallest absolute Gasteiger partial charge is 0.282 e. The van der Waals surface area contributed by atoms with E-state index in [2.05, 4.69) is 26.0 Å². The van der Waals surface area contributed by atoms with Gasteiger partial charge in [0.15, 0.2) is 0 Å². The molecule has 2 aromatic rings. The minimum atomic E-state index is -4.27. The average Bonchev–Trinajstić information content (AvgIpc) is 3.10. The van der Waals surface area contributed by atoms with E-state index < -0.39 is 10.1 Å². The van der Waals surface area contributed by atoms with Crippen molar-refractivity contribution in [3.63, 3.8) is 0 Å². The second-order valence-corrected chi connectivity index (χ2v) is 17.1. The number of benzene rings is 2. The Morgan fingerprint density at radius 3 is 1.14 bits per heavy atom. The highest BCUT2D eigenvalue weighted by Gasteiger charge is 2.17. The van der Waals surface area contributed by atoms with Crippen molar-refractivity contribution < 1.29 is 13.0 Å². The van der Waals surface area contributed by atoms with Crippen molar-refractivity contribution >= 4 is 20.9 Å². The van der Waals surface area contributed by atoms with E-state index in [0.29, 0.717) is 0 Å². The van der Waals surface area contributed by atoms with E-state index in [-0.39, 0.29) is 4.90 Å². The van der Waals surface area contributed by atoms with Crippen LogP contribution in [-0.2, 0) is 23.0 Å². The molecule has 0 unspecified atom stereocenters. The molecule has 0 radical (unpaired) electrons. The first-order valence-corrected chi connectivity index (χ1v) is 23.4. The largest absolute Gasteiger partial charge is 0.295 e. The molecule has 0 amide bonds. The second-order valence-electron chi connectivity index (χ2n) is 15.7. The summed E-state index contributed by atoms with van der Waals surface area (Å²) >= 11 is 0. The molecule has 0 aliphatic rings. The van der Waals surface area contributed by atoms with E-state index in [1.807, 2.05) is 6.07 Å². The second kappa shape index (κ2) is 30.1. The Balaban J connectivity index is 1.64. The highest BCUT2D eigenvalue weighted by Crippen LogP contribution is 2.30. The van der Waals surface area contributed by atoms with Crippen molar-refractivity contribution in [2.45, 2.75) is 237 Å². The van der Waals surface area contributed by atoms with Gasteiger partial charge >= 0.3 is 0 Å². The highest BCUT2D eigenvalue weighted by molar-refractivity contribution is 7.86. The molecular formula is C46H80O3S. The zero-order chi connectivity index (χ0) is 36.0. The van der Waals surface area contributed by atoms with Crippen LogP contribution in [0, 0.1) is 0 Å². The fourth-order valence-electron chi connectivity index (χ4n) is 7.85. The van der Waals surface area contributed by atoms with Gasteiger partial charge in [-0.3, -0.25) is 4.55 Å². The van der Waals surface area contributed by atoms with Crippen molar-refractivity contribution in [1.29, 1.82) is 0 Å². The van der Waals surface area contributed by atoms with Crippen LogP contribution in [0.3, 0.4) is 0 Å². The molecule has 4 heteroatoms. The molecule has 3 nitrogen and oxygen atoms in total. The maximum atomic E-state index is 12.3. The first kappa shape index (κ1) is 44.8. The molecule has 50 heavy (non-hydrogen) atoms. The highest BCUT2D eigenvalue weighted by atomic mass is 32.2. The van der Waals surface area contributed by atoms with Gasteiger partial charge in [-0.2, -0.15) is 8.42 Å². The summed E-state index contributed by atoms with van der Waals surface area (Å²) in [6.07, 6.45) is 45.4. The first-order chi connectivity index (χ1) is 24.5. The summed E-state index contributed by atoms with van der Waals surface area (Å²) in [5.41, 5.74) is 2.40. The van der Waals surface area contributed by atoms with Crippen molar-refractivity contribution in [1.82, 2.24) is 0 Å². The SMILES string of the molecule is CCCCCCCCCCCCCCCCCCc1cc(CCCCCCCCCCCCCCCCCC)c2c(S(=O)(=O)O)cccc2c1. The molecule has 0 saturated carbocycles. The quantitative estimate of drug-likeness (QED) is 0.0572. The van der Waals surface area contributed by atoms with Crippen LogP contribution >= 0.6 is 0 Å². The predicted molar refractivity (Wildman–Crippen MR) is 220 cm³/mol. The molecule has 288 valence electrons. The summed E-state index contributed by atoms with van der Waals surface area (Å²) in [5.74, 6) is 0. The van der Waals surface area contributed by atoms with Crippen LogP contribution < -0.4 is 0 Å². The van der Waals surface area contributed by atoms with E-state index in [0.717, 1.165) is 35.6 Å². The van der Waals surface area contributed by atoms with E-state index in [1.165, 1.54) is 205 Å². The molecule has 0 fully saturated rings. The summed E-state index contributed by atoms with van der Waals surface area (Å²) in [5, 5.41) is 1.67. The van der Waals surface area contributed by atoms with Crippen molar-refractivity contribution in [3.8, 4) is 0 Å². The Kier molecular flexibility index (Phi) is 27.0. The molecule has 2 rings (SSSR count). The minimum absolute atomic E-state index is 0.0652. The molecule has 0 spiro atoms. The van der Waals surface area contributed by atoms with Crippen LogP contribution in [0.2, 0.25) is 0 Å². The summed E-state index contributed by atoms with van der Waals surface area (Å²) < 4.78 is 34.6. The van der Waals surface area contributed by atoms with Crippen LogP contribution in [0.5, 0.6) is 0 Å². The molecule has 0 bridgehead atoms. The number of fused-ring (bicyclic) bond motifs is 1. The molecule has 0 saturated heterocycles. The maximum absolute atomic E-state index is 12.3. The summed E-state index contributed by atoms with van der Waals surface area (Å²) in [6, 6.07) is 9.74. The van der Waals surface area contributed by atoms with Gasteiger partial charge in [0.2, 0.25) is 0 Å². The van der Waals surface area contributed by atoms with Crippen LogP contribution in [-0.4, -0.2) is 13.0 Å². The lowest BCUT2D eigenvalue weighted by Gasteiger charge is -2.13.